The van der Waals surface area contributed by atoms with Crippen LogP contribution in [0.15, 0.2) is 24.3 Å². The first-order valence-electron chi connectivity index (χ1n) is 5.41. The molecule has 1 aliphatic heterocycles. The third kappa shape index (κ3) is 2.74. The summed E-state index contributed by atoms with van der Waals surface area (Å²) in [6.07, 6.45) is 0.989. The topological polar surface area (TPSA) is 46.3 Å². The molecule has 0 bridgehead atoms. The maximum Gasteiger partial charge on any atom is 0.223 e. The second-order valence-corrected chi connectivity index (χ2v) is 4.67. The number of hydrogen-bond acceptors (Lipinski definition) is 2. The molecular weight excluding hydrogens is 224 g/mol. The number of primary amides is 1. The zero-order valence-corrected chi connectivity index (χ0v) is 9.78. The monoisotopic (exact) mass is 238 g/mol. The normalized spacial score (nSPS) is 17.1. The zero-order valence-electron chi connectivity index (χ0n) is 9.03. The number of carbonyl (C=O) groups is 1. The summed E-state index contributed by atoms with van der Waals surface area (Å²) in [5, 5.41) is 0.765. The van der Waals surface area contributed by atoms with Crippen LogP contribution >= 0.6 is 11.6 Å². The summed E-state index contributed by atoms with van der Waals surface area (Å²) in [5.74, 6) is -0.118. The van der Waals surface area contributed by atoms with E-state index in [1.807, 2.05) is 24.3 Å². The Morgan fingerprint density at radius 3 is 2.56 bits per heavy atom. The van der Waals surface area contributed by atoms with Gasteiger partial charge in [-0.15, -0.1) is 0 Å². The van der Waals surface area contributed by atoms with Gasteiger partial charge in [-0.25, -0.2) is 0 Å². The second kappa shape index (κ2) is 4.85. The van der Waals surface area contributed by atoms with Crippen LogP contribution in [0.25, 0.3) is 0 Å². The van der Waals surface area contributed by atoms with E-state index >= 15 is 0 Å². The Labute approximate surface area is 100 Å². The summed E-state index contributed by atoms with van der Waals surface area (Å²) in [6.45, 7) is 2.59. The fourth-order valence-corrected chi connectivity index (χ4v) is 2.00. The highest BCUT2D eigenvalue weighted by atomic mass is 35.5. The number of rotatable bonds is 4. The molecule has 3 nitrogen and oxygen atoms in total. The highest BCUT2D eigenvalue weighted by Crippen LogP contribution is 2.16. The van der Waals surface area contributed by atoms with E-state index < -0.39 is 0 Å². The highest BCUT2D eigenvalue weighted by Gasteiger charge is 2.30. The van der Waals surface area contributed by atoms with Crippen molar-refractivity contribution in [3.63, 3.8) is 0 Å². The van der Waals surface area contributed by atoms with Gasteiger partial charge in [0.1, 0.15) is 0 Å². The molecule has 0 saturated carbocycles. The van der Waals surface area contributed by atoms with Gasteiger partial charge in [-0.2, -0.15) is 0 Å². The maximum absolute atomic E-state index is 10.8. The Balaban J connectivity index is 1.73. The molecule has 1 heterocycles. The van der Waals surface area contributed by atoms with Crippen molar-refractivity contribution in [1.29, 1.82) is 0 Å². The van der Waals surface area contributed by atoms with Crippen molar-refractivity contribution in [2.45, 2.75) is 6.42 Å². The van der Waals surface area contributed by atoms with E-state index in [1.54, 1.807) is 0 Å². The van der Waals surface area contributed by atoms with Crippen LogP contribution in [0.2, 0.25) is 5.02 Å². The number of likely N-dealkylation sites (tertiary alicyclic amines) is 1. The van der Waals surface area contributed by atoms with E-state index in [2.05, 4.69) is 4.90 Å². The van der Waals surface area contributed by atoms with E-state index in [-0.39, 0.29) is 11.8 Å². The summed E-state index contributed by atoms with van der Waals surface area (Å²) >= 11 is 5.80. The minimum Gasteiger partial charge on any atom is -0.369 e. The van der Waals surface area contributed by atoms with Gasteiger partial charge in [-0.3, -0.25) is 4.79 Å². The molecule has 0 unspecified atom stereocenters. The summed E-state index contributed by atoms with van der Waals surface area (Å²) in [7, 11) is 0. The Hall–Kier alpha value is -1.06. The lowest BCUT2D eigenvalue weighted by atomic mass is 9.99. The molecule has 86 valence electrons. The molecule has 2 N–H and O–H groups in total. The largest absolute Gasteiger partial charge is 0.369 e. The maximum atomic E-state index is 10.8. The predicted molar refractivity (Wildman–Crippen MR) is 64.3 cm³/mol. The van der Waals surface area contributed by atoms with Gasteiger partial charge >= 0.3 is 0 Å². The molecular formula is C12H15ClN2O. The number of nitrogens with zero attached hydrogens (tertiary/aromatic N) is 1. The van der Waals surface area contributed by atoms with Crippen LogP contribution < -0.4 is 5.73 Å². The summed E-state index contributed by atoms with van der Waals surface area (Å²) in [5.41, 5.74) is 6.47. The van der Waals surface area contributed by atoms with Crippen molar-refractivity contribution in [3.8, 4) is 0 Å². The van der Waals surface area contributed by atoms with Crippen LogP contribution in [0.4, 0.5) is 0 Å². The first-order valence-corrected chi connectivity index (χ1v) is 5.79. The molecule has 0 radical (unpaired) electrons. The Bertz CT molecular complexity index is 371. The number of carbonyl (C=O) groups excluding carboxylic acids is 1. The smallest absolute Gasteiger partial charge is 0.223 e. The number of halogens is 1. The van der Waals surface area contributed by atoms with Gasteiger partial charge in [-0.1, -0.05) is 23.7 Å². The fourth-order valence-electron chi connectivity index (χ4n) is 1.87. The van der Waals surface area contributed by atoms with Crippen molar-refractivity contribution in [2.75, 3.05) is 19.6 Å². The summed E-state index contributed by atoms with van der Waals surface area (Å²) < 4.78 is 0. The molecule has 0 spiro atoms. The van der Waals surface area contributed by atoms with Crippen LogP contribution in [0.1, 0.15) is 5.56 Å². The predicted octanol–water partition coefficient (Wildman–Crippen LogP) is 1.30. The molecule has 1 fully saturated rings. The number of nitrogens with two attached hydrogens (primary N) is 1. The second-order valence-electron chi connectivity index (χ2n) is 4.24. The van der Waals surface area contributed by atoms with Crippen LogP contribution in [-0.4, -0.2) is 30.4 Å². The van der Waals surface area contributed by atoms with E-state index in [1.165, 1.54) is 5.56 Å². The molecule has 2 rings (SSSR count). The van der Waals surface area contributed by atoms with Crippen LogP contribution in [0.5, 0.6) is 0 Å². The summed E-state index contributed by atoms with van der Waals surface area (Å²) in [6, 6.07) is 7.87. The zero-order chi connectivity index (χ0) is 11.5. The molecule has 1 amide bonds. The van der Waals surface area contributed by atoms with Gasteiger partial charge in [0.05, 0.1) is 5.92 Å². The lowest BCUT2D eigenvalue weighted by Crippen LogP contribution is -2.52. The van der Waals surface area contributed by atoms with Gasteiger partial charge in [0.2, 0.25) is 5.91 Å². The van der Waals surface area contributed by atoms with Crippen LogP contribution in [-0.2, 0) is 11.2 Å². The first-order chi connectivity index (χ1) is 7.65. The lowest BCUT2D eigenvalue weighted by Gasteiger charge is -2.37. The van der Waals surface area contributed by atoms with Gasteiger partial charge in [-0.05, 0) is 24.1 Å². The molecule has 0 aliphatic carbocycles. The quantitative estimate of drug-likeness (QED) is 0.860. The minimum absolute atomic E-state index is 0.0604. The minimum atomic E-state index is -0.178. The van der Waals surface area contributed by atoms with E-state index in [0.29, 0.717) is 0 Å². The Morgan fingerprint density at radius 2 is 2.00 bits per heavy atom. The van der Waals surface area contributed by atoms with Crippen molar-refractivity contribution >= 4 is 17.5 Å². The SMILES string of the molecule is NC(=O)C1CN(CCc2ccc(Cl)cc2)C1. The van der Waals surface area contributed by atoms with Crippen molar-refractivity contribution in [1.82, 2.24) is 4.90 Å². The van der Waals surface area contributed by atoms with E-state index in [0.717, 1.165) is 31.1 Å². The summed E-state index contributed by atoms with van der Waals surface area (Å²) in [4.78, 5) is 13.1. The molecule has 1 saturated heterocycles. The fraction of sp³-hybridized carbons (Fsp3) is 0.417. The van der Waals surface area contributed by atoms with Gasteiger partial charge in [0.25, 0.3) is 0 Å². The number of hydrogen-bond donors (Lipinski definition) is 1. The Morgan fingerprint density at radius 1 is 1.38 bits per heavy atom. The number of benzene rings is 1. The molecule has 0 aromatic heterocycles. The van der Waals surface area contributed by atoms with E-state index in [4.69, 9.17) is 17.3 Å². The van der Waals surface area contributed by atoms with Gasteiger partial charge in [0, 0.05) is 24.7 Å². The highest BCUT2D eigenvalue weighted by molar-refractivity contribution is 6.30. The van der Waals surface area contributed by atoms with Crippen molar-refractivity contribution in [3.05, 3.63) is 34.9 Å². The van der Waals surface area contributed by atoms with E-state index in [9.17, 15) is 4.79 Å². The Kier molecular flexibility index (Phi) is 3.46. The average molecular weight is 239 g/mol. The first kappa shape index (κ1) is 11.4. The molecule has 0 atom stereocenters. The molecule has 1 aromatic carbocycles. The molecule has 1 aliphatic rings. The van der Waals surface area contributed by atoms with Gasteiger partial charge < -0.3 is 10.6 Å². The van der Waals surface area contributed by atoms with Crippen LogP contribution in [0.3, 0.4) is 0 Å². The number of amides is 1. The van der Waals surface area contributed by atoms with Crippen LogP contribution in [0, 0.1) is 5.92 Å². The molecule has 1 aromatic rings. The average Bonchev–Trinajstić information content (AvgIpc) is 2.18. The lowest BCUT2D eigenvalue weighted by molar-refractivity contribution is -0.126. The standard InChI is InChI=1S/C12H15ClN2O/c13-11-3-1-9(2-4-11)5-6-15-7-10(8-15)12(14)16/h1-4,10H,5-8H2,(H2,14,16). The third-order valence-electron chi connectivity index (χ3n) is 2.99. The van der Waals surface area contributed by atoms with Crippen molar-refractivity contribution < 1.29 is 4.79 Å². The van der Waals surface area contributed by atoms with Crippen molar-refractivity contribution in [2.24, 2.45) is 11.7 Å². The molecule has 16 heavy (non-hydrogen) atoms. The third-order valence-corrected chi connectivity index (χ3v) is 3.24. The molecule has 4 heteroatoms. The van der Waals surface area contributed by atoms with Gasteiger partial charge in [0.15, 0.2) is 0 Å².